The molecular formula is C13H15I2NO3. The van der Waals surface area contributed by atoms with E-state index in [9.17, 15) is 15.0 Å². The van der Waals surface area contributed by atoms with E-state index in [1.807, 2.05) is 28.7 Å². The summed E-state index contributed by atoms with van der Waals surface area (Å²) in [5, 5.41) is 19.4. The van der Waals surface area contributed by atoms with Crippen LogP contribution in [0.1, 0.15) is 29.6 Å². The molecule has 1 saturated heterocycles. The van der Waals surface area contributed by atoms with Crippen molar-refractivity contribution < 1.29 is 15.0 Å². The summed E-state index contributed by atoms with van der Waals surface area (Å²) in [5.74, 6) is -0.152. The minimum absolute atomic E-state index is 0.0203. The van der Waals surface area contributed by atoms with Gasteiger partial charge in [0, 0.05) is 10.1 Å². The van der Waals surface area contributed by atoms with Gasteiger partial charge in [0.2, 0.25) is 0 Å². The van der Waals surface area contributed by atoms with Crippen molar-refractivity contribution in [2.24, 2.45) is 0 Å². The first-order valence-electron chi connectivity index (χ1n) is 6.14. The maximum atomic E-state index is 12.5. The number of aromatic hydroxyl groups is 1. The number of phenols is 1. The Hall–Kier alpha value is -0.0900. The third-order valence-electron chi connectivity index (χ3n) is 3.36. The van der Waals surface area contributed by atoms with Gasteiger partial charge in [-0.05, 0) is 76.6 Å². The molecule has 2 N–H and O–H groups in total. The van der Waals surface area contributed by atoms with Gasteiger partial charge in [-0.2, -0.15) is 0 Å². The lowest BCUT2D eigenvalue weighted by Crippen LogP contribution is -2.45. The smallest absolute Gasteiger partial charge is 0.258 e. The average Bonchev–Trinajstić information content (AvgIpc) is 2.42. The van der Waals surface area contributed by atoms with Crippen molar-refractivity contribution in [3.05, 3.63) is 24.8 Å². The number of hydrogen-bond donors (Lipinski definition) is 2. The molecule has 0 aliphatic carbocycles. The van der Waals surface area contributed by atoms with Crippen LogP contribution in [0.15, 0.2) is 12.1 Å². The van der Waals surface area contributed by atoms with Crippen LogP contribution in [0.4, 0.5) is 0 Å². The van der Waals surface area contributed by atoms with Crippen LogP contribution in [0.2, 0.25) is 0 Å². The Morgan fingerprint density at radius 2 is 2.11 bits per heavy atom. The summed E-state index contributed by atoms with van der Waals surface area (Å²) < 4.78 is 1.59. The van der Waals surface area contributed by atoms with Gasteiger partial charge in [0.05, 0.1) is 21.8 Å². The lowest BCUT2D eigenvalue weighted by atomic mass is 10.0. The minimum atomic E-state index is -0.187. The minimum Gasteiger partial charge on any atom is -0.506 e. The largest absolute Gasteiger partial charge is 0.506 e. The second-order valence-corrected chi connectivity index (χ2v) is 7.02. The van der Waals surface area contributed by atoms with E-state index in [1.54, 1.807) is 11.0 Å². The van der Waals surface area contributed by atoms with Crippen LogP contribution in [0.25, 0.3) is 0 Å². The number of aliphatic hydroxyl groups excluding tert-OH is 1. The van der Waals surface area contributed by atoms with Crippen LogP contribution in [0, 0.1) is 7.14 Å². The number of piperidine rings is 1. The van der Waals surface area contributed by atoms with Crippen LogP contribution >= 0.6 is 45.2 Å². The molecule has 1 heterocycles. The van der Waals surface area contributed by atoms with Crippen molar-refractivity contribution in [2.75, 3.05) is 13.2 Å². The first-order valence-corrected chi connectivity index (χ1v) is 8.30. The zero-order valence-corrected chi connectivity index (χ0v) is 14.6. The molecule has 4 nitrogen and oxygen atoms in total. The van der Waals surface area contributed by atoms with Gasteiger partial charge < -0.3 is 15.1 Å². The second-order valence-electron chi connectivity index (χ2n) is 4.61. The quantitative estimate of drug-likeness (QED) is 0.632. The second kappa shape index (κ2) is 6.57. The summed E-state index contributed by atoms with van der Waals surface area (Å²) >= 11 is 4.15. The van der Waals surface area contributed by atoms with Gasteiger partial charge in [-0.25, -0.2) is 0 Å². The first-order chi connectivity index (χ1) is 9.04. The Bertz CT molecular complexity index is 493. The van der Waals surface area contributed by atoms with Gasteiger partial charge in [0.15, 0.2) is 0 Å². The lowest BCUT2D eigenvalue weighted by Gasteiger charge is -2.34. The summed E-state index contributed by atoms with van der Waals surface area (Å²) in [7, 11) is 0. The van der Waals surface area contributed by atoms with Gasteiger partial charge in [-0.15, -0.1) is 0 Å². The fourth-order valence-corrected chi connectivity index (χ4v) is 4.19. The summed E-state index contributed by atoms with van der Waals surface area (Å²) in [4.78, 5) is 14.2. The highest BCUT2D eigenvalue weighted by Gasteiger charge is 2.29. The molecular weight excluding hydrogens is 472 g/mol. The molecule has 0 radical (unpaired) electrons. The highest BCUT2D eigenvalue weighted by atomic mass is 127. The van der Waals surface area contributed by atoms with Crippen molar-refractivity contribution in [2.45, 2.75) is 25.3 Å². The summed E-state index contributed by atoms with van der Waals surface area (Å²) in [5.41, 5.74) is 0.330. The number of rotatable bonds is 2. The van der Waals surface area contributed by atoms with Crippen molar-refractivity contribution >= 4 is 51.1 Å². The third kappa shape index (κ3) is 3.33. The molecule has 1 unspecified atom stereocenters. The fourth-order valence-electron chi connectivity index (χ4n) is 2.34. The van der Waals surface area contributed by atoms with Crippen molar-refractivity contribution in [3.8, 4) is 5.75 Å². The molecule has 0 aromatic heterocycles. The topological polar surface area (TPSA) is 60.8 Å². The molecule has 1 aliphatic rings. The van der Waals surface area contributed by atoms with Crippen LogP contribution in [0.5, 0.6) is 5.75 Å². The maximum absolute atomic E-state index is 12.5. The average molecular weight is 487 g/mol. The Balaban J connectivity index is 2.33. The van der Waals surface area contributed by atoms with Crippen LogP contribution in [0.3, 0.4) is 0 Å². The van der Waals surface area contributed by atoms with Gasteiger partial charge in [0.1, 0.15) is 5.75 Å². The molecule has 1 fully saturated rings. The Kier molecular flexibility index (Phi) is 5.29. The normalized spacial score (nSPS) is 19.5. The van der Waals surface area contributed by atoms with E-state index in [0.29, 0.717) is 15.7 Å². The van der Waals surface area contributed by atoms with E-state index in [1.165, 1.54) is 0 Å². The number of aliphatic hydroxyl groups is 1. The zero-order valence-electron chi connectivity index (χ0n) is 10.3. The van der Waals surface area contributed by atoms with Crippen LogP contribution < -0.4 is 0 Å². The molecule has 0 saturated carbocycles. The summed E-state index contributed by atoms with van der Waals surface area (Å²) in [6.07, 6.45) is 2.80. The molecule has 0 spiro atoms. The van der Waals surface area contributed by atoms with Gasteiger partial charge in [-0.1, -0.05) is 0 Å². The van der Waals surface area contributed by atoms with E-state index < -0.39 is 0 Å². The highest BCUT2D eigenvalue weighted by Crippen LogP contribution is 2.29. The van der Waals surface area contributed by atoms with E-state index in [0.717, 1.165) is 22.8 Å². The molecule has 1 amide bonds. The van der Waals surface area contributed by atoms with Crippen LogP contribution in [-0.2, 0) is 0 Å². The molecule has 104 valence electrons. The van der Waals surface area contributed by atoms with Crippen molar-refractivity contribution in [1.82, 2.24) is 4.90 Å². The number of nitrogens with zero attached hydrogens (tertiary/aromatic N) is 1. The molecule has 1 atom stereocenters. The summed E-state index contributed by atoms with van der Waals surface area (Å²) in [6.45, 7) is 0.624. The fraction of sp³-hybridized carbons (Fsp3) is 0.462. The standard InChI is InChI=1S/C13H15I2NO3/c14-8-5-10(12(18)11(15)6-8)13(19)16-4-2-1-3-9(16)7-17/h5-6,9,17-18H,1-4,7H2. The molecule has 2 rings (SSSR count). The molecule has 0 bridgehead atoms. The van der Waals surface area contributed by atoms with Crippen LogP contribution in [-0.4, -0.2) is 40.2 Å². The number of carbonyl (C=O) groups excluding carboxylic acids is 1. The number of likely N-dealkylation sites (tertiary alicyclic amines) is 1. The number of carbonyl (C=O) groups is 1. The first kappa shape index (κ1) is 15.3. The van der Waals surface area contributed by atoms with E-state index in [-0.39, 0.29) is 24.3 Å². The number of benzene rings is 1. The highest BCUT2D eigenvalue weighted by molar-refractivity contribution is 14.1. The molecule has 1 aliphatic heterocycles. The monoisotopic (exact) mass is 487 g/mol. The number of amides is 1. The van der Waals surface area contributed by atoms with Gasteiger partial charge in [-0.3, -0.25) is 4.79 Å². The molecule has 19 heavy (non-hydrogen) atoms. The number of phenolic OH excluding ortho intramolecular Hbond substituents is 1. The zero-order chi connectivity index (χ0) is 14.0. The number of halogens is 2. The SMILES string of the molecule is O=C(c1cc(I)cc(I)c1O)N1CCCCC1CO. The summed E-state index contributed by atoms with van der Waals surface area (Å²) in [6, 6.07) is 3.40. The van der Waals surface area contributed by atoms with E-state index >= 15 is 0 Å². The van der Waals surface area contributed by atoms with Gasteiger partial charge in [0.25, 0.3) is 5.91 Å². The van der Waals surface area contributed by atoms with E-state index in [4.69, 9.17) is 0 Å². The van der Waals surface area contributed by atoms with Gasteiger partial charge >= 0.3 is 0 Å². The van der Waals surface area contributed by atoms with Crippen molar-refractivity contribution in [3.63, 3.8) is 0 Å². The Morgan fingerprint density at radius 1 is 1.37 bits per heavy atom. The number of hydrogen-bond acceptors (Lipinski definition) is 3. The Labute approximate surface area is 139 Å². The third-order valence-corrected chi connectivity index (χ3v) is 4.80. The maximum Gasteiger partial charge on any atom is 0.258 e. The van der Waals surface area contributed by atoms with E-state index in [2.05, 4.69) is 22.6 Å². The van der Waals surface area contributed by atoms with Crippen molar-refractivity contribution in [1.29, 1.82) is 0 Å². The predicted molar refractivity (Wildman–Crippen MR) is 89.3 cm³/mol. The molecule has 1 aromatic rings. The Morgan fingerprint density at radius 3 is 2.79 bits per heavy atom. The lowest BCUT2D eigenvalue weighted by molar-refractivity contribution is 0.0500. The molecule has 1 aromatic carbocycles. The molecule has 6 heteroatoms. The predicted octanol–water partition coefficient (Wildman–Crippen LogP) is 2.59.